The van der Waals surface area contributed by atoms with Crippen molar-refractivity contribution in [3.05, 3.63) is 40.2 Å². The summed E-state index contributed by atoms with van der Waals surface area (Å²) in [6.07, 6.45) is -4.75. The number of nitrogens with one attached hydrogen (secondary N) is 1. The van der Waals surface area contributed by atoms with Gasteiger partial charge in [-0.05, 0) is 24.3 Å². The molecule has 1 aromatic carbocycles. The molecule has 0 radical (unpaired) electrons. The van der Waals surface area contributed by atoms with Gasteiger partial charge in [-0.25, -0.2) is 5.10 Å². The van der Waals surface area contributed by atoms with Gasteiger partial charge in [0.1, 0.15) is 5.56 Å². The fourth-order valence-electron chi connectivity index (χ4n) is 1.76. The number of benzene rings is 1. The summed E-state index contributed by atoms with van der Waals surface area (Å²) in [4.78, 5) is 11.2. The number of hydrogen-bond acceptors (Lipinski definition) is 4. The first-order valence-electron chi connectivity index (χ1n) is 5.76. The molecule has 1 aromatic heterocycles. The second-order valence-corrected chi connectivity index (χ2v) is 4.06. The van der Waals surface area contributed by atoms with E-state index in [1.807, 2.05) is 5.10 Å². The molecule has 0 unspecified atom stereocenters. The van der Waals surface area contributed by atoms with Gasteiger partial charge in [-0.1, -0.05) is 0 Å². The van der Waals surface area contributed by atoms with Crippen LogP contribution in [0, 0.1) is 0 Å². The molecule has 0 spiro atoms. The molecule has 5 nitrogen and oxygen atoms in total. The van der Waals surface area contributed by atoms with E-state index in [4.69, 9.17) is 9.47 Å². The lowest BCUT2D eigenvalue weighted by molar-refractivity contribution is -0.138. The molecule has 0 atom stereocenters. The first kappa shape index (κ1) is 14.9. The maximum absolute atomic E-state index is 12.7. The summed E-state index contributed by atoms with van der Waals surface area (Å²) in [6, 6.07) is 5.22. The summed E-state index contributed by atoms with van der Waals surface area (Å²) in [6.45, 7) is 0. The topological polar surface area (TPSA) is 64.2 Å². The van der Waals surface area contributed by atoms with Crippen LogP contribution in [0.25, 0.3) is 11.3 Å². The van der Waals surface area contributed by atoms with Crippen LogP contribution in [0.1, 0.15) is 5.56 Å². The molecule has 0 saturated carbocycles. The van der Waals surface area contributed by atoms with E-state index in [2.05, 4.69) is 5.10 Å². The molecule has 21 heavy (non-hydrogen) atoms. The quantitative estimate of drug-likeness (QED) is 0.945. The number of methoxy groups -OCH3 is 2. The number of aromatic amines is 1. The first-order valence-corrected chi connectivity index (χ1v) is 5.76. The monoisotopic (exact) mass is 300 g/mol. The fraction of sp³-hybridized carbons (Fsp3) is 0.231. The number of ether oxygens (including phenoxy) is 2. The SMILES string of the molecule is COc1ccc(-c2cc(C(F)(F)F)c(=O)[nH]n2)cc1OC. The van der Waals surface area contributed by atoms with Crippen molar-refractivity contribution in [3.8, 4) is 22.8 Å². The molecule has 1 heterocycles. The molecular formula is C13H11F3N2O3. The third-order valence-corrected chi connectivity index (χ3v) is 2.79. The van der Waals surface area contributed by atoms with E-state index in [1.165, 1.54) is 32.4 Å². The Hall–Kier alpha value is -2.51. The Labute approximate surface area is 117 Å². The van der Waals surface area contributed by atoms with Crippen molar-refractivity contribution in [3.63, 3.8) is 0 Å². The Kier molecular flexibility index (Phi) is 3.88. The Morgan fingerprint density at radius 1 is 1.10 bits per heavy atom. The standard InChI is InChI=1S/C13H11F3N2O3/c1-20-10-4-3-7(5-11(10)21-2)9-6-8(13(14,15)16)12(19)18-17-9/h3-6H,1-2H3,(H,18,19). The highest BCUT2D eigenvalue weighted by Crippen LogP contribution is 2.33. The zero-order chi connectivity index (χ0) is 15.6. The second-order valence-electron chi connectivity index (χ2n) is 4.06. The highest BCUT2D eigenvalue weighted by molar-refractivity contribution is 5.64. The van der Waals surface area contributed by atoms with Crippen molar-refractivity contribution in [1.82, 2.24) is 10.2 Å². The van der Waals surface area contributed by atoms with E-state index in [9.17, 15) is 18.0 Å². The number of nitrogens with zero attached hydrogens (tertiary/aromatic N) is 1. The van der Waals surface area contributed by atoms with E-state index in [-0.39, 0.29) is 5.69 Å². The Bertz CT molecular complexity index is 711. The van der Waals surface area contributed by atoms with Crippen LogP contribution in [0.3, 0.4) is 0 Å². The molecule has 0 amide bonds. The van der Waals surface area contributed by atoms with E-state index < -0.39 is 17.3 Å². The molecule has 1 N–H and O–H groups in total. The number of aromatic nitrogens is 2. The number of H-pyrrole nitrogens is 1. The van der Waals surface area contributed by atoms with Gasteiger partial charge in [0.2, 0.25) is 0 Å². The number of hydrogen-bond donors (Lipinski definition) is 1. The van der Waals surface area contributed by atoms with Gasteiger partial charge in [-0.3, -0.25) is 4.79 Å². The van der Waals surface area contributed by atoms with Crippen molar-refractivity contribution in [2.45, 2.75) is 6.18 Å². The second kappa shape index (κ2) is 5.47. The van der Waals surface area contributed by atoms with Crippen molar-refractivity contribution >= 4 is 0 Å². The lowest BCUT2D eigenvalue weighted by Gasteiger charge is -2.10. The molecule has 0 bridgehead atoms. The Morgan fingerprint density at radius 3 is 2.33 bits per heavy atom. The minimum atomic E-state index is -4.75. The minimum absolute atomic E-state index is 0.0251. The van der Waals surface area contributed by atoms with Crippen LogP contribution >= 0.6 is 0 Å². The Balaban J connectivity index is 2.55. The summed E-state index contributed by atoms with van der Waals surface area (Å²) >= 11 is 0. The van der Waals surface area contributed by atoms with Crippen LogP contribution < -0.4 is 15.0 Å². The summed E-state index contributed by atoms with van der Waals surface area (Å²) in [5, 5.41) is 5.46. The predicted octanol–water partition coefficient (Wildman–Crippen LogP) is 2.47. The lowest BCUT2D eigenvalue weighted by atomic mass is 10.1. The maximum Gasteiger partial charge on any atom is 0.421 e. The summed E-state index contributed by atoms with van der Waals surface area (Å²) in [5.74, 6) is 0.776. The van der Waals surface area contributed by atoms with Gasteiger partial charge in [0, 0.05) is 5.56 Å². The van der Waals surface area contributed by atoms with Crippen LogP contribution in [0.15, 0.2) is 29.1 Å². The van der Waals surface area contributed by atoms with E-state index in [0.717, 1.165) is 0 Å². The van der Waals surface area contributed by atoms with E-state index in [1.54, 1.807) is 0 Å². The van der Waals surface area contributed by atoms with Gasteiger partial charge in [-0.2, -0.15) is 18.3 Å². The normalized spacial score (nSPS) is 11.3. The zero-order valence-corrected chi connectivity index (χ0v) is 11.1. The smallest absolute Gasteiger partial charge is 0.421 e. The number of alkyl halides is 3. The van der Waals surface area contributed by atoms with Crippen LogP contribution in [0.4, 0.5) is 13.2 Å². The average Bonchev–Trinajstić information content (AvgIpc) is 2.45. The summed E-state index contributed by atoms with van der Waals surface area (Å²) in [7, 11) is 2.85. The third-order valence-electron chi connectivity index (χ3n) is 2.79. The van der Waals surface area contributed by atoms with Gasteiger partial charge in [-0.15, -0.1) is 0 Å². The van der Waals surface area contributed by atoms with Crippen molar-refractivity contribution in [1.29, 1.82) is 0 Å². The molecule has 112 valence electrons. The molecular weight excluding hydrogens is 289 g/mol. The van der Waals surface area contributed by atoms with Crippen LogP contribution in [0.2, 0.25) is 0 Å². The highest BCUT2D eigenvalue weighted by Gasteiger charge is 2.34. The van der Waals surface area contributed by atoms with Crippen LogP contribution in [-0.4, -0.2) is 24.4 Å². The molecule has 0 aliphatic rings. The van der Waals surface area contributed by atoms with Crippen LogP contribution in [-0.2, 0) is 6.18 Å². The molecule has 0 aliphatic heterocycles. The highest BCUT2D eigenvalue weighted by atomic mass is 19.4. The third kappa shape index (κ3) is 2.99. The lowest BCUT2D eigenvalue weighted by Crippen LogP contribution is -2.22. The molecule has 2 aromatic rings. The molecule has 8 heteroatoms. The number of halogens is 3. The summed E-state index contributed by atoms with van der Waals surface area (Å²) < 4.78 is 48.3. The van der Waals surface area contributed by atoms with Gasteiger partial charge in [0.05, 0.1) is 19.9 Å². The minimum Gasteiger partial charge on any atom is -0.493 e. The van der Waals surface area contributed by atoms with Gasteiger partial charge in [0.15, 0.2) is 11.5 Å². The Morgan fingerprint density at radius 2 is 1.76 bits per heavy atom. The predicted molar refractivity (Wildman–Crippen MR) is 68.4 cm³/mol. The van der Waals surface area contributed by atoms with Crippen molar-refractivity contribution in [2.75, 3.05) is 14.2 Å². The van der Waals surface area contributed by atoms with Gasteiger partial charge in [0.25, 0.3) is 5.56 Å². The van der Waals surface area contributed by atoms with E-state index in [0.29, 0.717) is 23.1 Å². The van der Waals surface area contributed by atoms with Crippen molar-refractivity contribution < 1.29 is 22.6 Å². The summed E-state index contributed by atoms with van der Waals surface area (Å²) in [5.41, 5.74) is -2.26. The van der Waals surface area contributed by atoms with Gasteiger partial charge >= 0.3 is 6.18 Å². The molecule has 0 aliphatic carbocycles. The number of rotatable bonds is 3. The maximum atomic E-state index is 12.7. The molecule has 0 saturated heterocycles. The van der Waals surface area contributed by atoms with Crippen molar-refractivity contribution in [2.24, 2.45) is 0 Å². The van der Waals surface area contributed by atoms with Crippen LogP contribution in [0.5, 0.6) is 11.5 Å². The first-order chi connectivity index (χ1) is 9.86. The average molecular weight is 300 g/mol. The van der Waals surface area contributed by atoms with Gasteiger partial charge < -0.3 is 9.47 Å². The van der Waals surface area contributed by atoms with E-state index >= 15 is 0 Å². The fourth-order valence-corrected chi connectivity index (χ4v) is 1.76. The zero-order valence-electron chi connectivity index (χ0n) is 11.1. The molecule has 2 rings (SSSR count). The molecule has 0 fully saturated rings. The largest absolute Gasteiger partial charge is 0.493 e.